The molecule has 172 valence electrons. The Labute approximate surface area is 182 Å². The summed E-state index contributed by atoms with van der Waals surface area (Å²) in [6, 6.07) is 11.7. The normalized spacial score (nSPS) is 15.7. The number of halogens is 3. The topological polar surface area (TPSA) is 99.2 Å². The summed E-state index contributed by atoms with van der Waals surface area (Å²) < 4.78 is 69.0. The first kappa shape index (κ1) is 23.6. The summed E-state index contributed by atoms with van der Waals surface area (Å²) in [7, 11) is -4.22. The number of ether oxygens (including phenoxy) is 1. The van der Waals surface area contributed by atoms with Gasteiger partial charge in [-0.25, -0.2) is 13.9 Å². The molecule has 1 aliphatic rings. The fourth-order valence-electron chi connectivity index (χ4n) is 3.30. The number of hydroxylamine groups is 1. The second-order valence-corrected chi connectivity index (χ2v) is 8.66. The lowest BCUT2D eigenvalue weighted by atomic mass is 10.1. The van der Waals surface area contributed by atoms with E-state index in [1.807, 2.05) is 4.90 Å². The van der Waals surface area contributed by atoms with Crippen molar-refractivity contribution >= 4 is 27.7 Å². The van der Waals surface area contributed by atoms with Gasteiger partial charge in [-0.1, -0.05) is 30.3 Å². The number of hydrogen-bond acceptors (Lipinski definition) is 6. The standard InChI is InChI=1S/C20H20F3N3O5S/c21-20(22,23)31-17-7-3-4-8-18(17)32(29,30)26-13-11-25(12-14-26)16-6-2-1-5-15(16)9-10-19(27)24-28/h1-10,28H,11-14H2,(H,24,27). The number of rotatable bonds is 6. The first-order valence-corrected chi connectivity index (χ1v) is 10.9. The number of anilines is 1. The van der Waals surface area contributed by atoms with E-state index in [0.717, 1.165) is 28.2 Å². The predicted octanol–water partition coefficient (Wildman–Crippen LogP) is 2.61. The monoisotopic (exact) mass is 471 g/mol. The summed E-state index contributed by atoms with van der Waals surface area (Å²) in [6.07, 6.45) is -2.36. The van der Waals surface area contributed by atoms with Gasteiger partial charge in [0.1, 0.15) is 10.6 Å². The van der Waals surface area contributed by atoms with Gasteiger partial charge in [0.25, 0.3) is 5.91 Å². The van der Waals surface area contributed by atoms with Crippen LogP contribution in [0.4, 0.5) is 18.9 Å². The van der Waals surface area contributed by atoms with Gasteiger partial charge >= 0.3 is 6.36 Å². The largest absolute Gasteiger partial charge is 0.573 e. The molecule has 2 aromatic rings. The van der Waals surface area contributed by atoms with Gasteiger partial charge in [0.05, 0.1) is 0 Å². The Bertz CT molecular complexity index is 1100. The highest BCUT2D eigenvalue weighted by Gasteiger charge is 2.36. The Morgan fingerprint density at radius 2 is 1.66 bits per heavy atom. The van der Waals surface area contributed by atoms with Gasteiger partial charge in [-0.15, -0.1) is 13.2 Å². The molecule has 0 aromatic heterocycles. The molecule has 0 aliphatic carbocycles. The van der Waals surface area contributed by atoms with Crippen molar-refractivity contribution in [1.29, 1.82) is 0 Å². The summed E-state index contributed by atoms with van der Waals surface area (Å²) in [5.74, 6) is -1.48. The molecule has 1 aliphatic heterocycles. The number of benzene rings is 2. The molecule has 1 saturated heterocycles. The van der Waals surface area contributed by atoms with Crippen LogP contribution in [0.1, 0.15) is 5.56 Å². The van der Waals surface area contributed by atoms with Crippen molar-refractivity contribution in [3.8, 4) is 5.75 Å². The van der Waals surface area contributed by atoms with Crippen LogP contribution in [0.25, 0.3) is 6.08 Å². The molecule has 1 heterocycles. The molecule has 8 nitrogen and oxygen atoms in total. The zero-order valence-electron chi connectivity index (χ0n) is 16.6. The van der Waals surface area contributed by atoms with E-state index < -0.39 is 32.9 Å². The van der Waals surface area contributed by atoms with Crippen molar-refractivity contribution in [2.24, 2.45) is 0 Å². The van der Waals surface area contributed by atoms with Crippen LogP contribution in [0.5, 0.6) is 5.75 Å². The van der Waals surface area contributed by atoms with Gasteiger partial charge in [0.2, 0.25) is 10.0 Å². The maximum Gasteiger partial charge on any atom is 0.573 e. The van der Waals surface area contributed by atoms with E-state index in [9.17, 15) is 26.4 Å². The molecule has 12 heteroatoms. The number of nitrogens with zero attached hydrogens (tertiary/aromatic N) is 2. The zero-order valence-corrected chi connectivity index (χ0v) is 17.4. The second kappa shape index (κ2) is 9.59. The molecular weight excluding hydrogens is 451 g/mol. The van der Waals surface area contributed by atoms with E-state index in [1.54, 1.807) is 24.3 Å². The number of hydrogen-bond donors (Lipinski definition) is 2. The lowest BCUT2D eigenvalue weighted by molar-refractivity contribution is -0.275. The van der Waals surface area contributed by atoms with Crippen LogP contribution in [0.15, 0.2) is 59.5 Å². The van der Waals surface area contributed by atoms with Crippen molar-refractivity contribution < 1.29 is 36.3 Å². The average molecular weight is 471 g/mol. The molecule has 0 spiro atoms. The van der Waals surface area contributed by atoms with E-state index in [4.69, 9.17) is 5.21 Å². The molecular formula is C20H20F3N3O5S. The SMILES string of the molecule is O=C(C=Cc1ccccc1N1CCN(S(=O)(=O)c2ccccc2OC(F)(F)F)CC1)NO. The summed E-state index contributed by atoms with van der Waals surface area (Å²) in [6.45, 7) is 0.632. The minimum Gasteiger partial charge on any atom is -0.404 e. The van der Waals surface area contributed by atoms with Crippen LogP contribution < -0.4 is 15.1 Å². The predicted molar refractivity (Wildman–Crippen MR) is 110 cm³/mol. The average Bonchev–Trinajstić information content (AvgIpc) is 2.77. The maximum absolute atomic E-state index is 13.0. The van der Waals surface area contributed by atoms with Crippen LogP contribution in [0.2, 0.25) is 0 Å². The van der Waals surface area contributed by atoms with Gasteiger partial charge in [-0.05, 0) is 29.8 Å². The first-order chi connectivity index (χ1) is 15.1. The zero-order chi connectivity index (χ0) is 23.4. The molecule has 1 amide bonds. The van der Waals surface area contributed by atoms with Gasteiger partial charge in [0, 0.05) is 37.9 Å². The number of nitrogens with one attached hydrogen (secondary N) is 1. The van der Waals surface area contributed by atoms with Crippen molar-refractivity contribution in [2.45, 2.75) is 11.3 Å². The maximum atomic E-state index is 13.0. The van der Waals surface area contributed by atoms with Crippen LogP contribution in [0, 0.1) is 0 Å². The van der Waals surface area contributed by atoms with E-state index in [0.29, 0.717) is 5.56 Å². The Hall–Kier alpha value is -3.09. The summed E-state index contributed by atoms with van der Waals surface area (Å²) in [5.41, 5.74) is 2.92. The fourth-order valence-corrected chi connectivity index (χ4v) is 4.84. The molecule has 2 N–H and O–H groups in total. The molecule has 0 radical (unpaired) electrons. The molecule has 0 saturated carbocycles. The van der Waals surface area contributed by atoms with Gasteiger partial charge in [-0.3, -0.25) is 10.0 Å². The van der Waals surface area contributed by atoms with E-state index in [-0.39, 0.29) is 26.2 Å². The second-order valence-electron chi connectivity index (χ2n) is 6.75. The quantitative estimate of drug-likeness (QED) is 0.382. The number of para-hydroxylation sites is 2. The molecule has 0 unspecified atom stereocenters. The lowest BCUT2D eigenvalue weighted by Gasteiger charge is -2.36. The Kier molecular flexibility index (Phi) is 7.06. The molecule has 0 atom stereocenters. The lowest BCUT2D eigenvalue weighted by Crippen LogP contribution is -2.49. The van der Waals surface area contributed by atoms with Crippen LogP contribution in [-0.4, -0.2) is 56.4 Å². The van der Waals surface area contributed by atoms with Crippen LogP contribution in [-0.2, 0) is 14.8 Å². The molecule has 1 fully saturated rings. The first-order valence-electron chi connectivity index (χ1n) is 9.43. The minimum atomic E-state index is -5.02. The van der Waals surface area contributed by atoms with Gasteiger partial charge in [-0.2, -0.15) is 4.31 Å². The highest BCUT2D eigenvalue weighted by atomic mass is 32.2. The highest BCUT2D eigenvalue weighted by Crippen LogP contribution is 2.32. The van der Waals surface area contributed by atoms with E-state index in [2.05, 4.69) is 4.74 Å². The summed E-state index contributed by atoms with van der Waals surface area (Å²) in [4.78, 5) is 12.6. The Morgan fingerprint density at radius 1 is 1.03 bits per heavy atom. The highest BCUT2D eigenvalue weighted by molar-refractivity contribution is 7.89. The number of carbonyl (C=O) groups is 1. The minimum absolute atomic E-state index is 0.0395. The number of alkyl halides is 3. The third-order valence-corrected chi connectivity index (χ3v) is 6.67. The van der Waals surface area contributed by atoms with Crippen molar-refractivity contribution in [3.63, 3.8) is 0 Å². The van der Waals surface area contributed by atoms with Gasteiger partial charge in [0.15, 0.2) is 0 Å². The van der Waals surface area contributed by atoms with Crippen molar-refractivity contribution in [3.05, 3.63) is 60.2 Å². The smallest absolute Gasteiger partial charge is 0.404 e. The molecule has 32 heavy (non-hydrogen) atoms. The third-order valence-electron chi connectivity index (χ3n) is 4.73. The summed E-state index contributed by atoms with van der Waals surface area (Å²) in [5, 5.41) is 8.62. The van der Waals surface area contributed by atoms with E-state index in [1.165, 1.54) is 23.7 Å². The van der Waals surface area contributed by atoms with Crippen molar-refractivity contribution in [2.75, 3.05) is 31.1 Å². The molecule has 0 bridgehead atoms. The number of sulfonamides is 1. The fraction of sp³-hybridized carbons (Fsp3) is 0.250. The van der Waals surface area contributed by atoms with Gasteiger partial charge < -0.3 is 9.64 Å². The van der Waals surface area contributed by atoms with Crippen molar-refractivity contribution in [1.82, 2.24) is 9.79 Å². The Morgan fingerprint density at radius 3 is 2.31 bits per heavy atom. The summed E-state index contributed by atoms with van der Waals surface area (Å²) >= 11 is 0. The Balaban J connectivity index is 1.77. The van der Waals surface area contributed by atoms with Crippen LogP contribution >= 0.6 is 0 Å². The molecule has 2 aromatic carbocycles. The number of carbonyl (C=O) groups excluding carboxylic acids is 1. The molecule has 3 rings (SSSR count). The third kappa shape index (κ3) is 5.58. The number of piperazine rings is 1. The number of amides is 1. The van der Waals surface area contributed by atoms with Crippen LogP contribution in [0.3, 0.4) is 0 Å². The van der Waals surface area contributed by atoms with E-state index >= 15 is 0 Å².